The molecule has 0 aliphatic heterocycles. The Morgan fingerprint density at radius 1 is 1.16 bits per heavy atom. The van der Waals surface area contributed by atoms with E-state index in [2.05, 4.69) is 26.6 Å². The molecule has 1 aromatic carbocycles. The number of imide groups is 1. The van der Waals surface area contributed by atoms with Crippen molar-refractivity contribution in [3.8, 4) is 0 Å². The van der Waals surface area contributed by atoms with E-state index < -0.39 is 11.9 Å². The van der Waals surface area contributed by atoms with E-state index in [-0.39, 0.29) is 11.4 Å². The van der Waals surface area contributed by atoms with Crippen LogP contribution >= 0.6 is 15.9 Å². The van der Waals surface area contributed by atoms with Gasteiger partial charge in [-0.3, -0.25) is 15.4 Å². The van der Waals surface area contributed by atoms with Crippen molar-refractivity contribution in [2.24, 2.45) is 0 Å². The number of para-hydroxylation sites is 1. The van der Waals surface area contributed by atoms with Crippen LogP contribution in [0.5, 0.6) is 0 Å². The Morgan fingerprint density at radius 3 is 2.53 bits per heavy atom. The predicted molar refractivity (Wildman–Crippen MR) is 73.7 cm³/mol. The van der Waals surface area contributed by atoms with Crippen LogP contribution in [0.25, 0.3) is 0 Å². The van der Waals surface area contributed by atoms with E-state index in [1.165, 1.54) is 6.07 Å². The summed E-state index contributed by atoms with van der Waals surface area (Å²) in [5.41, 5.74) is 6.17. The maximum absolute atomic E-state index is 11.8. The van der Waals surface area contributed by atoms with Gasteiger partial charge in [0.1, 0.15) is 0 Å². The third kappa shape index (κ3) is 3.35. The van der Waals surface area contributed by atoms with Crippen molar-refractivity contribution < 1.29 is 14.0 Å². The van der Waals surface area contributed by atoms with Crippen LogP contribution in [0.1, 0.15) is 10.4 Å². The van der Waals surface area contributed by atoms with E-state index in [0.717, 1.165) is 0 Å². The van der Waals surface area contributed by atoms with Gasteiger partial charge in [0.05, 0.1) is 5.56 Å². The Bertz CT molecular complexity index is 624. The fourth-order valence-corrected chi connectivity index (χ4v) is 1.71. The van der Waals surface area contributed by atoms with Gasteiger partial charge in [-0.15, -0.1) is 0 Å². The number of halogens is 1. The number of furan rings is 1. The van der Waals surface area contributed by atoms with E-state index >= 15 is 0 Å². The molecule has 1 aromatic heterocycles. The summed E-state index contributed by atoms with van der Waals surface area (Å²) in [6, 6.07) is 8.93. The molecular weight excluding hydrogens is 314 g/mol. The minimum Gasteiger partial charge on any atom is -0.434 e. The fourth-order valence-electron chi connectivity index (χ4n) is 1.40. The fraction of sp³-hybridized carbons (Fsp3) is 0. The second-order valence-electron chi connectivity index (χ2n) is 3.60. The summed E-state index contributed by atoms with van der Waals surface area (Å²) in [7, 11) is 0. The Labute approximate surface area is 117 Å². The quantitative estimate of drug-likeness (QED) is 0.740. The molecule has 1 heterocycles. The Kier molecular flexibility index (Phi) is 3.86. The minimum atomic E-state index is -0.699. The first-order valence-corrected chi connectivity index (χ1v) is 6.08. The minimum absolute atomic E-state index is 0.221. The molecule has 0 aliphatic rings. The summed E-state index contributed by atoms with van der Waals surface area (Å²) in [6.45, 7) is 0. The smallest absolute Gasteiger partial charge is 0.328 e. The number of carbonyl (C=O) groups is 2. The average Bonchev–Trinajstić information content (AvgIpc) is 2.74. The van der Waals surface area contributed by atoms with Gasteiger partial charge in [-0.25, -0.2) is 4.79 Å². The van der Waals surface area contributed by atoms with Crippen LogP contribution in [0.2, 0.25) is 0 Å². The highest BCUT2D eigenvalue weighted by Gasteiger charge is 2.13. The van der Waals surface area contributed by atoms with Crippen molar-refractivity contribution in [1.29, 1.82) is 0 Å². The molecule has 0 unspecified atom stereocenters. The molecular formula is C12H10BrN3O3. The lowest BCUT2D eigenvalue weighted by Gasteiger charge is -2.06. The number of amides is 3. The van der Waals surface area contributed by atoms with Gasteiger partial charge >= 0.3 is 6.03 Å². The van der Waals surface area contributed by atoms with Gasteiger partial charge in [-0.1, -0.05) is 12.1 Å². The summed E-state index contributed by atoms with van der Waals surface area (Å²) in [4.78, 5) is 23.3. The predicted octanol–water partition coefficient (Wildman–Crippen LogP) is 2.59. The van der Waals surface area contributed by atoms with Gasteiger partial charge in [-0.2, -0.15) is 0 Å². The van der Waals surface area contributed by atoms with Gasteiger partial charge < -0.3 is 10.2 Å². The molecule has 4 N–H and O–H groups in total. The zero-order valence-corrected chi connectivity index (χ0v) is 11.2. The molecule has 2 aromatic rings. The molecule has 0 spiro atoms. The number of rotatable bonds is 2. The maximum atomic E-state index is 11.8. The topological polar surface area (TPSA) is 97.4 Å². The number of carbonyl (C=O) groups excluding carboxylic acids is 2. The Hall–Kier alpha value is -2.28. The number of anilines is 2. The van der Waals surface area contributed by atoms with Crippen LogP contribution in [-0.4, -0.2) is 11.9 Å². The molecule has 0 radical (unpaired) electrons. The molecule has 2 rings (SSSR count). The normalized spacial score (nSPS) is 9.95. The molecule has 0 fully saturated rings. The zero-order chi connectivity index (χ0) is 13.8. The lowest BCUT2D eigenvalue weighted by atomic mass is 10.2. The average molecular weight is 324 g/mol. The molecule has 7 heteroatoms. The first-order valence-electron chi connectivity index (χ1n) is 5.28. The molecule has 0 saturated heterocycles. The van der Waals surface area contributed by atoms with E-state index in [1.54, 1.807) is 30.3 Å². The Morgan fingerprint density at radius 2 is 1.89 bits per heavy atom. The molecule has 19 heavy (non-hydrogen) atoms. The number of hydrogen-bond donors (Lipinski definition) is 3. The van der Waals surface area contributed by atoms with Crippen molar-refractivity contribution >= 4 is 39.4 Å². The third-order valence-electron chi connectivity index (χ3n) is 2.24. The van der Waals surface area contributed by atoms with Crippen molar-refractivity contribution in [2.45, 2.75) is 0 Å². The molecule has 0 atom stereocenters. The van der Waals surface area contributed by atoms with Crippen LogP contribution < -0.4 is 16.4 Å². The number of nitrogens with one attached hydrogen (secondary N) is 2. The molecule has 3 amide bonds. The third-order valence-corrected chi connectivity index (χ3v) is 2.67. The van der Waals surface area contributed by atoms with Gasteiger partial charge in [-0.05, 0) is 34.1 Å². The molecule has 6 nitrogen and oxygen atoms in total. The van der Waals surface area contributed by atoms with Crippen LogP contribution in [-0.2, 0) is 0 Å². The Balaban J connectivity index is 1.99. The monoisotopic (exact) mass is 323 g/mol. The number of nitrogen functional groups attached to an aromatic ring is 1. The van der Waals surface area contributed by atoms with Crippen LogP contribution in [0.3, 0.4) is 0 Å². The SMILES string of the molecule is Nc1ccccc1C(=O)NC(=O)Nc1ccc(Br)o1. The van der Waals surface area contributed by atoms with Crippen molar-refractivity contribution in [2.75, 3.05) is 11.1 Å². The van der Waals surface area contributed by atoms with Crippen molar-refractivity contribution in [1.82, 2.24) is 5.32 Å². The number of benzene rings is 1. The van der Waals surface area contributed by atoms with E-state index in [9.17, 15) is 9.59 Å². The highest BCUT2D eigenvalue weighted by molar-refractivity contribution is 9.10. The molecule has 98 valence electrons. The zero-order valence-electron chi connectivity index (χ0n) is 9.64. The number of urea groups is 1. The van der Waals surface area contributed by atoms with Crippen LogP contribution in [0, 0.1) is 0 Å². The van der Waals surface area contributed by atoms with Crippen molar-refractivity contribution in [3.63, 3.8) is 0 Å². The summed E-state index contributed by atoms with van der Waals surface area (Å²) >= 11 is 3.10. The highest BCUT2D eigenvalue weighted by Crippen LogP contribution is 2.18. The maximum Gasteiger partial charge on any atom is 0.328 e. The van der Waals surface area contributed by atoms with Gasteiger partial charge in [0.15, 0.2) is 4.67 Å². The van der Waals surface area contributed by atoms with Crippen LogP contribution in [0.15, 0.2) is 45.5 Å². The summed E-state index contributed by atoms with van der Waals surface area (Å²) in [6.07, 6.45) is 0. The van der Waals surface area contributed by atoms with Crippen LogP contribution in [0.4, 0.5) is 16.4 Å². The lowest BCUT2D eigenvalue weighted by molar-refractivity contribution is 0.0968. The molecule has 0 aliphatic carbocycles. The first kappa shape index (κ1) is 13.2. The summed E-state index contributed by atoms with van der Waals surface area (Å²) in [5, 5.41) is 4.53. The second-order valence-corrected chi connectivity index (χ2v) is 4.38. The molecule has 0 bridgehead atoms. The first-order chi connectivity index (χ1) is 9.06. The number of nitrogens with two attached hydrogens (primary N) is 1. The standard InChI is InChI=1S/C12H10BrN3O3/c13-9-5-6-10(19-9)15-12(18)16-11(17)7-3-1-2-4-8(7)14/h1-6H,14H2,(H2,15,16,17,18). The van der Waals surface area contributed by atoms with E-state index in [0.29, 0.717) is 10.4 Å². The largest absolute Gasteiger partial charge is 0.434 e. The molecule has 0 saturated carbocycles. The van der Waals surface area contributed by atoms with E-state index in [1.807, 2.05) is 0 Å². The number of hydrogen-bond acceptors (Lipinski definition) is 4. The summed E-state index contributed by atoms with van der Waals surface area (Å²) < 4.78 is 5.55. The lowest BCUT2D eigenvalue weighted by Crippen LogP contribution is -2.34. The van der Waals surface area contributed by atoms with Gasteiger partial charge in [0.2, 0.25) is 5.88 Å². The highest BCUT2D eigenvalue weighted by atomic mass is 79.9. The van der Waals surface area contributed by atoms with Gasteiger partial charge in [0.25, 0.3) is 5.91 Å². The summed E-state index contributed by atoms with van der Waals surface area (Å²) in [5.74, 6) is -0.362. The van der Waals surface area contributed by atoms with E-state index in [4.69, 9.17) is 10.2 Å². The second kappa shape index (κ2) is 5.57. The van der Waals surface area contributed by atoms with Gasteiger partial charge in [0, 0.05) is 11.8 Å². The van der Waals surface area contributed by atoms with Crippen molar-refractivity contribution in [3.05, 3.63) is 46.6 Å².